The van der Waals surface area contributed by atoms with E-state index in [1.54, 1.807) is 13.2 Å². The predicted octanol–water partition coefficient (Wildman–Crippen LogP) is 2.56. The van der Waals surface area contributed by atoms with E-state index < -0.39 is 0 Å². The molecule has 23 heavy (non-hydrogen) atoms. The van der Waals surface area contributed by atoms with Gasteiger partial charge in [0.1, 0.15) is 5.75 Å². The maximum atomic E-state index is 11.8. The molecular weight excluding hydrogens is 290 g/mol. The second kappa shape index (κ2) is 8.76. The van der Waals surface area contributed by atoms with Crippen molar-refractivity contribution >= 4 is 12.0 Å². The summed E-state index contributed by atoms with van der Waals surface area (Å²) in [6, 6.07) is 15.2. The second-order valence-corrected chi connectivity index (χ2v) is 5.09. The third-order valence-corrected chi connectivity index (χ3v) is 3.47. The standard InChI is InChI=1S/C19H21NO3/c1-23-18-5-3-2-4-17(18)10-11-19(22)20-13-12-15-6-8-16(14-21)9-7-15/h2-11,21H,12-14H2,1H3,(H,20,22)/b11-10+. The van der Waals surface area contributed by atoms with Crippen molar-refractivity contribution < 1.29 is 14.6 Å². The number of carbonyl (C=O) groups excluding carboxylic acids is 1. The van der Waals surface area contributed by atoms with Gasteiger partial charge in [-0.25, -0.2) is 0 Å². The molecule has 0 saturated carbocycles. The summed E-state index contributed by atoms with van der Waals surface area (Å²) in [6.07, 6.45) is 4.00. The van der Waals surface area contributed by atoms with Crippen LogP contribution in [0.25, 0.3) is 6.08 Å². The Kier molecular flexibility index (Phi) is 6.39. The first kappa shape index (κ1) is 16.8. The Labute approximate surface area is 136 Å². The van der Waals surface area contributed by atoms with Gasteiger partial charge >= 0.3 is 0 Å². The van der Waals surface area contributed by atoms with Crippen LogP contribution in [0.15, 0.2) is 54.6 Å². The van der Waals surface area contributed by atoms with Gasteiger partial charge in [0, 0.05) is 18.2 Å². The van der Waals surface area contributed by atoms with Gasteiger partial charge in [0.05, 0.1) is 13.7 Å². The smallest absolute Gasteiger partial charge is 0.244 e. The zero-order valence-electron chi connectivity index (χ0n) is 13.2. The van der Waals surface area contributed by atoms with E-state index in [9.17, 15) is 4.79 Å². The minimum Gasteiger partial charge on any atom is -0.496 e. The van der Waals surface area contributed by atoms with Gasteiger partial charge in [0.15, 0.2) is 0 Å². The number of methoxy groups -OCH3 is 1. The first-order valence-electron chi connectivity index (χ1n) is 7.50. The maximum Gasteiger partial charge on any atom is 0.244 e. The summed E-state index contributed by atoms with van der Waals surface area (Å²) in [6.45, 7) is 0.609. The van der Waals surface area contributed by atoms with E-state index in [0.717, 1.165) is 28.9 Å². The molecule has 2 aromatic carbocycles. The molecule has 0 fully saturated rings. The minimum absolute atomic E-state index is 0.0464. The molecule has 0 bridgehead atoms. The molecule has 0 radical (unpaired) electrons. The fraction of sp³-hybridized carbons (Fsp3) is 0.211. The highest BCUT2D eigenvalue weighted by Gasteiger charge is 2.00. The lowest BCUT2D eigenvalue weighted by Gasteiger charge is -2.05. The first-order valence-corrected chi connectivity index (χ1v) is 7.50. The molecule has 0 aromatic heterocycles. The van der Waals surface area contributed by atoms with Crippen LogP contribution in [0.1, 0.15) is 16.7 Å². The molecule has 0 aliphatic carbocycles. The molecule has 2 aromatic rings. The summed E-state index contributed by atoms with van der Waals surface area (Å²) in [5, 5.41) is 11.8. The van der Waals surface area contributed by atoms with Crippen LogP contribution in [0, 0.1) is 0 Å². The lowest BCUT2D eigenvalue weighted by atomic mass is 10.1. The van der Waals surface area contributed by atoms with Crippen LogP contribution in [0.2, 0.25) is 0 Å². The molecule has 1 amide bonds. The topological polar surface area (TPSA) is 58.6 Å². The molecule has 2 N–H and O–H groups in total. The van der Waals surface area contributed by atoms with E-state index in [2.05, 4.69) is 5.32 Å². The Morgan fingerprint density at radius 2 is 1.83 bits per heavy atom. The number of carbonyl (C=O) groups is 1. The molecular formula is C19H21NO3. The van der Waals surface area contributed by atoms with Crippen LogP contribution in [-0.2, 0) is 17.8 Å². The quantitative estimate of drug-likeness (QED) is 0.773. The van der Waals surface area contributed by atoms with Gasteiger partial charge < -0.3 is 15.2 Å². The number of benzene rings is 2. The highest BCUT2D eigenvalue weighted by atomic mass is 16.5. The molecule has 0 spiro atoms. The van der Waals surface area contributed by atoms with Crippen molar-refractivity contribution in [1.29, 1.82) is 0 Å². The van der Waals surface area contributed by atoms with Gasteiger partial charge in [-0.2, -0.15) is 0 Å². The summed E-state index contributed by atoms with van der Waals surface area (Å²) in [4.78, 5) is 11.8. The maximum absolute atomic E-state index is 11.8. The molecule has 0 saturated heterocycles. The van der Waals surface area contributed by atoms with E-state index >= 15 is 0 Å². The summed E-state index contributed by atoms with van der Waals surface area (Å²) in [5.74, 6) is 0.600. The van der Waals surface area contributed by atoms with E-state index in [-0.39, 0.29) is 12.5 Å². The number of aliphatic hydroxyl groups excluding tert-OH is 1. The van der Waals surface area contributed by atoms with Crippen molar-refractivity contribution in [1.82, 2.24) is 5.32 Å². The Balaban J connectivity index is 1.81. The number of ether oxygens (including phenoxy) is 1. The van der Waals surface area contributed by atoms with E-state index in [1.807, 2.05) is 48.5 Å². The van der Waals surface area contributed by atoms with E-state index in [0.29, 0.717) is 6.54 Å². The van der Waals surface area contributed by atoms with Crippen molar-refractivity contribution in [2.24, 2.45) is 0 Å². The van der Waals surface area contributed by atoms with Crippen LogP contribution >= 0.6 is 0 Å². The Hall–Kier alpha value is -2.59. The van der Waals surface area contributed by atoms with Crippen molar-refractivity contribution in [3.8, 4) is 5.75 Å². The highest BCUT2D eigenvalue weighted by molar-refractivity contribution is 5.92. The molecule has 0 aliphatic rings. The summed E-state index contributed by atoms with van der Waals surface area (Å²) in [7, 11) is 1.61. The van der Waals surface area contributed by atoms with Crippen LogP contribution in [0.5, 0.6) is 5.75 Å². The normalized spacial score (nSPS) is 10.7. The molecule has 0 heterocycles. The van der Waals surface area contributed by atoms with Crippen LogP contribution in [-0.4, -0.2) is 24.7 Å². The molecule has 120 valence electrons. The highest BCUT2D eigenvalue weighted by Crippen LogP contribution is 2.18. The average molecular weight is 311 g/mol. The lowest BCUT2D eigenvalue weighted by Crippen LogP contribution is -2.23. The molecule has 0 aliphatic heterocycles. The molecule has 4 heteroatoms. The summed E-state index contributed by atoms with van der Waals surface area (Å²) < 4.78 is 5.23. The number of rotatable bonds is 7. The number of amides is 1. The monoisotopic (exact) mass is 311 g/mol. The Morgan fingerprint density at radius 1 is 1.13 bits per heavy atom. The van der Waals surface area contributed by atoms with Crippen molar-refractivity contribution in [2.45, 2.75) is 13.0 Å². The van der Waals surface area contributed by atoms with Gasteiger partial charge in [0.25, 0.3) is 0 Å². The number of para-hydroxylation sites is 1. The van der Waals surface area contributed by atoms with Gasteiger partial charge in [0.2, 0.25) is 5.91 Å². The van der Waals surface area contributed by atoms with Crippen LogP contribution in [0.4, 0.5) is 0 Å². The van der Waals surface area contributed by atoms with E-state index in [4.69, 9.17) is 9.84 Å². The largest absolute Gasteiger partial charge is 0.496 e. The lowest BCUT2D eigenvalue weighted by molar-refractivity contribution is -0.116. The van der Waals surface area contributed by atoms with Crippen molar-refractivity contribution in [3.63, 3.8) is 0 Å². The SMILES string of the molecule is COc1ccccc1/C=C/C(=O)NCCc1ccc(CO)cc1. The van der Waals surface area contributed by atoms with Crippen LogP contribution in [0.3, 0.4) is 0 Å². The van der Waals surface area contributed by atoms with Gasteiger partial charge in [-0.3, -0.25) is 4.79 Å². The molecule has 0 atom stereocenters. The minimum atomic E-state index is -0.136. The Bertz CT molecular complexity index is 663. The molecule has 4 nitrogen and oxygen atoms in total. The predicted molar refractivity (Wildman–Crippen MR) is 91.1 cm³/mol. The third kappa shape index (κ3) is 5.27. The molecule has 2 rings (SSSR count). The Morgan fingerprint density at radius 3 is 2.52 bits per heavy atom. The molecule has 0 unspecified atom stereocenters. The second-order valence-electron chi connectivity index (χ2n) is 5.09. The van der Waals surface area contributed by atoms with E-state index in [1.165, 1.54) is 6.08 Å². The summed E-state index contributed by atoms with van der Waals surface area (Å²) in [5.41, 5.74) is 2.87. The number of hydrogen-bond donors (Lipinski definition) is 2. The zero-order valence-corrected chi connectivity index (χ0v) is 13.2. The van der Waals surface area contributed by atoms with Crippen LogP contribution < -0.4 is 10.1 Å². The number of hydrogen-bond acceptors (Lipinski definition) is 3. The zero-order chi connectivity index (χ0) is 16.5. The average Bonchev–Trinajstić information content (AvgIpc) is 2.60. The number of aliphatic hydroxyl groups is 1. The van der Waals surface area contributed by atoms with Gasteiger partial charge in [-0.05, 0) is 29.7 Å². The fourth-order valence-electron chi connectivity index (χ4n) is 2.17. The third-order valence-electron chi connectivity index (χ3n) is 3.47. The number of nitrogens with one attached hydrogen (secondary N) is 1. The van der Waals surface area contributed by atoms with Crippen molar-refractivity contribution in [2.75, 3.05) is 13.7 Å². The summed E-state index contributed by atoms with van der Waals surface area (Å²) >= 11 is 0. The van der Waals surface area contributed by atoms with Crippen molar-refractivity contribution in [3.05, 3.63) is 71.3 Å². The van der Waals surface area contributed by atoms with Gasteiger partial charge in [-0.15, -0.1) is 0 Å². The first-order chi connectivity index (χ1) is 11.2. The van der Waals surface area contributed by atoms with Gasteiger partial charge in [-0.1, -0.05) is 42.5 Å². The fourth-order valence-corrected chi connectivity index (χ4v) is 2.17.